The van der Waals surface area contributed by atoms with E-state index in [-0.39, 0.29) is 6.42 Å². The van der Waals surface area contributed by atoms with Gasteiger partial charge < -0.3 is 25.5 Å². The van der Waals surface area contributed by atoms with Crippen LogP contribution in [0.3, 0.4) is 0 Å². The van der Waals surface area contributed by atoms with Crippen LogP contribution in [0.4, 0.5) is 0 Å². The van der Waals surface area contributed by atoms with Gasteiger partial charge in [-0.05, 0) is 6.42 Å². The molecule has 0 aliphatic carbocycles. The molecule has 0 bridgehead atoms. The average Bonchev–Trinajstić information content (AvgIpc) is 2.04. The summed E-state index contributed by atoms with van der Waals surface area (Å²) in [6, 6.07) is 0. The van der Waals surface area contributed by atoms with Crippen LogP contribution in [0.15, 0.2) is 0 Å². The maximum Gasteiger partial charge on any atom is 0.313 e. The number of amides is 1. The summed E-state index contributed by atoms with van der Waals surface area (Å²) in [5.74, 6) is -6.59. The quantitative estimate of drug-likeness (QED) is 0.205. The van der Waals surface area contributed by atoms with Crippen LogP contribution in [0, 0.1) is 0 Å². The topological polar surface area (TPSA) is 130 Å². The van der Waals surface area contributed by atoms with Crippen LogP contribution in [0.2, 0.25) is 0 Å². The van der Waals surface area contributed by atoms with E-state index in [1.54, 1.807) is 6.92 Å². The monoisotopic (exact) mass is 208 g/mol. The van der Waals surface area contributed by atoms with E-state index >= 15 is 0 Å². The van der Waals surface area contributed by atoms with Gasteiger partial charge in [0.25, 0.3) is 5.79 Å². The number of aliphatic hydroxyl groups excluding tert-OH is 1. The second-order valence-corrected chi connectivity index (χ2v) is 2.93. The first-order valence-electron chi connectivity index (χ1n) is 4.01. The van der Waals surface area contributed by atoms with Crippen molar-refractivity contribution in [3.63, 3.8) is 0 Å². The zero-order chi connectivity index (χ0) is 11.4. The van der Waals surface area contributed by atoms with Crippen molar-refractivity contribution < 1.29 is 30.3 Å². The van der Waals surface area contributed by atoms with Gasteiger partial charge in [0.15, 0.2) is 0 Å². The molecule has 0 heterocycles. The first kappa shape index (κ1) is 13.3. The van der Waals surface area contributed by atoms with Crippen LogP contribution < -0.4 is 5.32 Å². The molecule has 1 amide bonds. The molecule has 1 atom stereocenters. The third kappa shape index (κ3) is 2.63. The number of hydrogen-bond donors (Lipinski definition) is 6. The minimum absolute atomic E-state index is 0.0730. The summed E-state index contributed by atoms with van der Waals surface area (Å²) < 4.78 is 0. The molecule has 0 spiro atoms. The number of nitrogens with one attached hydrogen (secondary N) is 1. The van der Waals surface area contributed by atoms with Gasteiger partial charge in [-0.25, -0.2) is 0 Å². The van der Waals surface area contributed by atoms with Crippen LogP contribution in [0.1, 0.15) is 19.8 Å². The largest absolute Gasteiger partial charge is 0.387 e. The summed E-state index contributed by atoms with van der Waals surface area (Å²) in [5.41, 5.74) is 0. The molecule has 7 nitrogen and oxygen atoms in total. The van der Waals surface area contributed by atoms with E-state index in [9.17, 15) is 4.79 Å². The number of carbonyl (C=O) groups excluding carboxylic acids is 1. The lowest BCUT2D eigenvalue weighted by molar-refractivity contribution is -0.390. The smallest absolute Gasteiger partial charge is 0.313 e. The van der Waals surface area contributed by atoms with Crippen molar-refractivity contribution >= 4 is 6.41 Å². The van der Waals surface area contributed by atoms with E-state index < -0.39 is 17.8 Å². The Morgan fingerprint density at radius 2 is 1.86 bits per heavy atom. The second-order valence-electron chi connectivity index (χ2n) is 2.93. The Balaban J connectivity index is 4.64. The molecule has 7 heteroatoms. The lowest BCUT2D eigenvalue weighted by Crippen LogP contribution is -2.68. The third-order valence-corrected chi connectivity index (χ3v) is 1.77. The van der Waals surface area contributed by atoms with Gasteiger partial charge >= 0.3 is 12.3 Å². The van der Waals surface area contributed by atoms with Crippen LogP contribution in [0.25, 0.3) is 0 Å². The first-order chi connectivity index (χ1) is 6.29. The number of hydrogen-bond acceptors (Lipinski definition) is 6. The summed E-state index contributed by atoms with van der Waals surface area (Å²) in [6.07, 6.45) is -0.602. The highest BCUT2D eigenvalue weighted by molar-refractivity contribution is 5.48. The van der Waals surface area contributed by atoms with Crippen molar-refractivity contribution in [2.75, 3.05) is 0 Å². The molecule has 0 saturated carbocycles. The van der Waals surface area contributed by atoms with Crippen molar-refractivity contribution in [1.82, 2.24) is 5.32 Å². The molecular weight excluding hydrogens is 194 g/mol. The van der Waals surface area contributed by atoms with Gasteiger partial charge in [-0.1, -0.05) is 13.3 Å². The molecule has 0 saturated heterocycles. The van der Waals surface area contributed by atoms with E-state index in [1.165, 1.54) is 5.32 Å². The lowest BCUT2D eigenvalue weighted by atomic mass is 10.0. The van der Waals surface area contributed by atoms with Gasteiger partial charge in [-0.2, -0.15) is 0 Å². The van der Waals surface area contributed by atoms with Crippen LogP contribution >= 0.6 is 0 Å². The Morgan fingerprint density at radius 1 is 1.36 bits per heavy atom. The Morgan fingerprint density at radius 3 is 2.21 bits per heavy atom. The summed E-state index contributed by atoms with van der Waals surface area (Å²) in [6.45, 7) is 1.65. The van der Waals surface area contributed by atoms with E-state index in [4.69, 9.17) is 25.5 Å². The average molecular weight is 208 g/mol. The Hall–Kier alpha value is -0.730. The molecule has 0 aromatic carbocycles. The standard InChI is InChI=1S/C7H14NO6/c1-2-3-5(10)6(11,12)7(13,14)8-4-9/h5,10-14H,2-3H2,1H3,(H,8,9). The lowest BCUT2D eigenvalue weighted by Gasteiger charge is -2.36. The molecule has 83 valence electrons. The van der Waals surface area contributed by atoms with Crippen molar-refractivity contribution in [3.8, 4) is 0 Å². The molecule has 0 fully saturated rings. The van der Waals surface area contributed by atoms with E-state index in [0.29, 0.717) is 6.42 Å². The van der Waals surface area contributed by atoms with Gasteiger partial charge in [0.1, 0.15) is 6.10 Å². The van der Waals surface area contributed by atoms with E-state index in [2.05, 4.69) is 0 Å². The fourth-order valence-corrected chi connectivity index (χ4v) is 0.870. The van der Waals surface area contributed by atoms with Crippen molar-refractivity contribution in [2.45, 2.75) is 37.6 Å². The molecule has 1 radical (unpaired) electrons. The molecule has 0 aliphatic rings. The molecular formula is C7H14NO6. The summed E-state index contributed by atoms with van der Waals surface area (Å²) >= 11 is 0. The number of rotatable bonds is 6. The molecule has 0 aromatic heterocycles. The zero-order valence-electron chi connectivity index (χ0n) is 7.64. The van der Waals surface area contributed by atoms with E-state index in [1.807, 2.05) is 0 Å². The third-order valence-electron chi connectivity index (χ3n) is 1.77. The summed E-state index contributed by atoms with van der Waals surface area (Å²) in [7, 11) is 0. The van der Waals surface area contributed by atoms with Gasteiger partial charge in [0, 0.05) is 0 Å². The minimum atomic E-state index is -3.34. The predicted octanol–water partition coefficient (Wildman–Crippen LogP) is -2.88. The highest BCUT2D eigenvalue weighted by Crippen LogP contribution is 2.21. The molecule has 0 rings (SSSR count). The van der Waals surface area contributed by atoms with Crippen LogP contribution in [-0.4, -0.2) is 49.7 Å². The summed E-state index contributed by atoms with van der Waals surface area (Å²) in [4.78, 5) is 9.79. The maximum absolute atomic E-state index is 9.79. The van der Waals surface area contributed by atoms with Crippen molar-refractivity contribution in [3.05, 3.63) is 0 Å². The molecule has 0 aromatic rings. The molecule has 0 aliphatic heterocycles. The first-order valence-corrected chi connectivity index (χ1v) is 4.01. The molecule has 6 N–H and O–H groups in total. The fourth-order valence-electron chi connectivity index (χ4n) is 0.870. The minimum Gasteiger partial charge on any atom is -0.387 e. The van der Waals surface area contributed by atoms with Crippen molar-refractivity contribution in [2.24, 2.45) is 0 Å². The highest BCUT2D eigenvalue weighted by atomic mass is 16.6. The van der Waals surface area contributed by atoms with Crippen LogP contribution in [-0.2, 0) is 4.79 Å². The Bertz CT molecular complexity index is 193. The Kier molecular flexibility index (Phi) is 4.43. The van der Waals surface area contributed by atoms with Gasteiger partial charge in [-0.3, -0.25) is 10.1 Å². The predicted molar refractivity (Wildman–Crippen MR) is 44.1 cm³/mol. The fraction of sp³-hybridized carbons (Fsp3) is 0.857. The SMILES string of the molecule is CCCC(O)C(O)(O)C(O)(O)N[C]=O. The van der Waals surface area contributed by atoms with Gasteiger partial charge in [0.05, 0.1) is 0 Å². The normalized spacial score (nSPS) is 15.0. The van der Waals surface area contributed by atoms with Gasteiger partial charge in [0.2, 0.25) is 0 Å². The zero-order valence-corrected chi connectivity index (χ0v) is 7.64. The maximum atomic E-state index is 9.79. The number of aliphatic hydroxyl groups is 5. The van der Waals surface area contributed by atoms with Crippen molar-refractivity contribution in [1.29, 1.82) is 0 Å². The second kappa shape index (κ2) is 4.67. The van der Waals surface area contributed by atoms with E-state index in [0.717, 1.165) is 6.41 Å². The molecule has 14 heavy (non-hydrogen) atoms. The summed E-state index contributed by atoms with van der Waals surface area (Å²) in [5, 5.41) is 46.6. The highest BCUT2D eigenvalue weighted by Gasteiger charge is 2.52. The van der Waals surface area contributed by atoms with Gasteiger partial charge in [-0.15, -0.1) is 0 Å². The molecule has 1 unspecified atom stereocenters. The Labute approximate surface area is 80.6 Å². The van der Waals surface area contributed by atoms with Crippen LogP contribution in [0.5, 0.6) is 0 Å².